The van der Waals surface area contributed by atoms with Gasteiger partial charge in [0.25, 0.3) is 0 Å². The molecule has 0 spiro atoms. The van der Waals surface area contributed by atoms with Crippen LogP contribution in [0, 0.1) is 16.0 Å². The minimum Gasteiger partial charge on any atom is -0.401 e. The second-order valence-corrected chi connectivity index (χ2v) is 4.69. The summed E-state index contributed by atoms with van der Waals surface area (Å²) < 4.78 is 4.93. The predicted octanol–water partition coefficient (Wildman–Crippen LogP) is 2.31. The molecule has 0 unspecified atom stereocenters. The van der Waals surface area contributed by atoms with Crippen molar-refractivity contribution < 1.29 is 9.34 Å². The molecule has 0 aliphatic carbocycles. The maximum atomic E-state index is 10.4. The van der Waals surface area contributed by atoms with Crippen molar-refractivity contribution in [3.8, 4) is 0 Å². The Hall–Kier alpha value is -2.22. The second-order valence-electron chi connectivity index (χ2n) is 4.29. The zero-order valence-electron chi connectivity index (χ0n) is 11.2. The number of hydrazone groups is 1. The zero-order chi connectivity index (χ0) is 15.0. The molecule has 0 radical (unpaired) electrons. The van der Waals surface area contributed by atoms with E-state index in [-0.39, 0.29) is 5.88 Å². The number of rotatable bonds is 6. The van der Waals surface area contributed by atoms with Gasteiger partial charge in [0.05, 0.1) is 6.07 Å². The molecule has 2 N–H and O–H groups in total. The van der Waals surface area contributed by atoms with Crippen LogP contribution in [-0.4, -0.2) is 22.8 Å². The van der Waals surface area contributed by atoms with E-state index in [1.54, 1.807) is 12.2 Å². The van der Waals surface area contributed by atoms with Crippen LogP contribution in [0.5, 0.6) is 0 Å². The molecule has 0 fully saturated rings. The number of nitro groups is 1. The molecule has 0 aliphatic rings. The smallest absolute Gasteiger partial charge is 0.401 e. The first kappa shape index (κ1) is 15.8. The summed E-state index contributed by atoms with van der Waals surface area (Å²) in [4.78, 5) is 9.81. The molecule has 8 heteroatoms. The lowest BCUT2D eigenvalue weighted by atomic mass is 10.2. The van der Waals surface area contributed by atoms with Gasteiger partial charge in [0.2, 0.25) is 0 Å². The maximum Gasteiger partial charge on any atom is 0.433 e. The molecular formula is C12H16N4O3S. The van der Waals surface area contributed by atoms with Crippen LogP contribution in [0.4, 0.5) is 5.88 Å². The van der Waals surface area contributed by atoms with E-state index in [4.69, 9.17) is 16.6 Å². The van der Waals surface area contributed by atoms with Crippen LogP contribution in [0.15, 0.2) is 27.7 Å². The Kier molecular flexibility index (Phi) is 6.38. The summed E-state index contributed by atoms with van der Waals surface area (Å²) in [6.45, 7) is 4.92. The molecule has 108 valence electrons. The van der Waals surface area contributed by atoms with Gasteiger partial charge in [-0.2, -0.15) is 5.10 Å². The largest absolute Gasteiger partial charge is 0.433 e. The van der Waals surface area contributed by atoms with E-state index in [1.807, 2.05) is 0 Å². The highest BCUT2D eigenvalue weighted by molar-refractivity contribution is 7.80. The average Bonchev–Trinajstić information content (AvgIpc) is 2.85. The van der Waals surface area contributed by atoms with Crippen LogP contribution >= 0.6 is 12.2 Å². The monoisotopic (exact) mass is 296 g/mol. The first-order valence-corrected chi connectivity index (χ1v) is 6.37. The molecule has 0 aromatic carbocycles. The van der Waals surface area contributed by atoms with E-state index in [2.05, 4.69) is 29.7 Å². The summed E-state index contributed by atoms with van der Waals surface area (Å²) in [6.07, 6.45) is 4.61. The molecule has 1 aromatic heterocycles. The third-order valence-corrected chi connectivity index (χ3v) is 2.29. The highest BCUT2D eigenvalue weighted by Crippen LogP contribution is 2.16. The van der Waals surface area contributed by atoms with E-state index in [9.17, 15) is 10.1 Å². The third-order valence-electron chi connectivity index (χ3n) is 2.05. The van der Waals surface area contributed by atoms with Crippen LogP contribution in [0.25, 0.3) is 6.08 Å². The van der Waals surface area contributed by atoms with Crippen LogP contribution in [0.1, 0.15) is 19.6 Å². The summed E-state index contributed by atoms with van der Waals surface area (Å²) in [5, 5.41) is 17.7. The minimum atomic E-state index is -0.591. The first-order valence-electron chi connectivity index (χ1n) is 5.97. The number of thiocarbonyl (C=S) groups is 1. The molecule has 0 amide bonds. The van der Waals surface area contributed by atoms with E-state index in [1.165, 1.54) is 18.3 Å². The lowest BCUT2D eigenvalue weighted by Crippen LogP contribution is -2.34. The van der Waals surface area contributed by atoms with Crippen molar-refractivity contribution in [2.45, 2.75) is 13.8 Å². The average molecular weight is 296 g/mol. The van der Waals surface area contributed by atoms with Crippen molar-refractivity contribution in [1.29, 1.82) is 0 Å². The van der Waals surface area contributed by atoms with Crippen molar-refractivity contribution >= 4 is 35.5 Å². The Balaban J connectivity index is 2.34. The molecule has 1 aromatic rings. The standard InChI is InChI=1S/C12H16N4O3S/c1-9(2)8-13-12(20)15-14-7-3-4-10-5-6-11(19-10)16(17)18/h3-7,9H,8H2,1-2H3,(H2,13,15,20). The lowest BCUT2D eigenvalue weighted by Gasteiger charge is -2.08. The minimum absolute atomic E-state index is 0.293. The number of furan rings is 1. The van der Waals surface area contributed by atoms with Crippen molar-refractivity contribution in [3.05, 3.63) is 34.1 Å². The van der Waals surface area contributed by atoms with Gasteiger partial charge in [0, 0.05) is 12.8 Å². The summed E-state index contributed by atoms with van der Waals surface area (Å²) >= 11 is 4.99. The van der Waals surface area contributed by atoms with Crippen LogP contribution in [0.3, 0.4) is 0 Å². The first-order chi connectivity index (χ1) is 9.49. The van der Waals surface area contributed by atoms with Crippen molar-refractivity contribution in [1.82, 2.24) is 10.7 Å². The Bertz CT molecular complexity index is 523. The molecule has 1 heterocycles. The highest BCUT2D eigenvalue weighted by Gasteiger charge is 2.09. The van der Waals surface area contributed by atoms with Gasteiger partial charge in [-0.1, -0.05) is 13.8 Å². The maximum absolute atomic E-state index is 10.4. The summed E-state index contributed by atoms with van der Waals surface area (Å²) in [7, 11) is 0. The van der Waals surface area contributed by atoms with Gasteiger partial charge < -0.3 is 9.73 Å². The molecule has 20 heavy (non-hydrogen) atoms. The summed E-state index contributed by atoms with van der Waals surface area (Å²) in [6, 6.07) is 2.80. The van der Waals surface area contributed by atoms with Gasteiger partial charge in [0.15, 0.2) is 5.11 Å². The highest BCUT2D eigenvalue weighted by atomic mass is 32.1. The number of allylic oxidation sites excluding steroid dienone is 1. The number of hydrogen-bond acceptors (Lipinski definition) is 5. The summed E-state index contributed by atoms with van der Waals surface area (Å²) in [5.41, 5.74) is 2.65. The third kappa shape index (κ3) is 6.10. The molecule has 0 aliphatic heterocycles. The van der Waals surface area contributed by atoms with Gasteiger partial charge in [-0.15, -0.1) is 0 Å². The molecule has 0 saturated heterocycles. The normalized spacial score (nSPS) is 11.3. The van der Waals surface area contributed by atoms with Gasteiger partial charge >= 0.3 is 5.88 Å². The van der Waals surface area contributed by atoms with Crippen LogP contribution < -0.4 is 10.7 Å². The SMILES string of the molecule is CC(C)CNC(=S)NN=CC=Cc1ccc([N+](=O)[O-])o1. The van der Waals surface area contributed by atoms with Crippen LogP contribution in [0.2, 0.25) is 0 Å². The fourth-order valence-electron chi connectivity index (χ4n) is 1.14. The molecule has 7 nitrogen and oxygen atoms in total. The topological polar surface area (TPSA) is 92.7 Å². The van der Waals surface area contributed by atoms with Gasteiger partial charge in [0.1, 0.15) is 10.7 Å². The van der Waals surface area contributed by atoms with Crippen molar-refractivity contribution in [3.63, 3.8) is 0 Å². The van der Waals surface area contributed by atoms with E-state index in [0.717, 1.165) is 6.54 Å². The second kappa shape index (κ2) is 8.05. The number of hydrogen-bond donors (Lipinski definition) is 2. The fourth-order valence-corrected chi connectivity index (χ4v) is 1.28. The molecule has 0 atom stereocenters. The number of nitrogens with zero attached hydrogens (tertiary/aromatic N) is 2. The molecule has 0 saturated carbocycles. The van der Waals surface area contributed by atoms with Crippen molar-refractivity contribution in [2.75, 3.05) is 6.54 Å². The van der Waals surface area contributed by atoms with E-state index in [0.29, 0.717) is 16.8 Å². The predicted molar refractivity (Wildman–Crippen MR) is 81.5 cm³/mol. The Morgan fingerprint density at radius 3 is 2.95 bits per heavy atom. The van der Waals surface area contributed by atoms with Gasteiger partial charge in [-0.25, -0.2) is 0 Å². The molecular weight excluding hydrogens is 280 g/mol. The van der Waals surface area contributed by atoms with Crippen molar-refractivity contribution in [2.24, 2.45) is 11.0 Å². The molecule has 1 rings (SSSR count). The fraction of sp³-hybridized carbons (Fsp3) is 0.333. The quantitative estimate of drug-likeness (QED) is 0.362. The molecule has 0 bridgehead atoms. The Morgan fingerprint density at radius 1 is 1.60 bits per heavy atom. The van der Waals surface area contributed by atoms with E-state index >= 15 is 0 Å². The van der Waals surface area contributed by atoms with E-state index < -0.39 is 4.92 Å². The summed E-state index contributed by atoms with van der Waals surface area (Å²) in [5.74, 6) is 0.579. The Morgan fingerprint density at radius 2 is 2.35 bits per heavy atom. The van der Waals surface area contributed by atoms with Gasteiger partial charge in [-0.05, 0) is 36.4 Å². The van der Waals surface area contributed by atoms with Gasteiger partial charge in [-0.3, -0.25) is 15.5 Å². The van der Waals surface area contributed by atoms with Crippen LogP contribution in [-0.2, 0) is 0 Å². The Labute approximate surface area is 121 Å². The zero-order valence-corrected chi connectivity index (χ0v) is 12.0. The number of nitrogens with one attached hydrogen (secondary N) is 2. The lowest BCUT2D eigenvalue weighted by molar-refractivity contribution is -0.402.